The van der Waals surface area contributed by atoms with Crippen LogP contribution in [0.15, 0.2) is 45.4 Å². The summed E-state index contributed by atoms with van der Waals surface area (Å²) in [7, 11) is 3.78. The molecule has 1 saturated heterocycles. The summed E-state index contributed by atoms with van der Waals surface area (Å²) in [6, 6.07) is 0.894. The molecule has 2 aliphatic rings. The fraction of sp³-hybridized carbons (Fsp3) is 0.333. The number of fused-ring (bicyclic) bond motifs is 2. The number of oxime groups is 1. The minimum Gasteiger partial charge on any atom is -0.478 e. The molecule has 220 valence electrons. The second-order valence-corrected chi connectivity index (χ2v) is 12.3. The molecule has 0 bridgehead atoms. The van der Waals surface area contributed by atoms with E-state index in [0.717, 1.165) is 22.4 Å². The normalized spacial score (nSPS) is 19.4. The summed E-state index contributed by atoms with van der Waals surface area (Å²) < 4.78 is 3.82. The Morgan fingerprint density at radius 2 is 2.12 bits per heavy atom. The molecule has 3 aromatic rings. The summed E-state index contributed by atoms with van der Waals surface area (Å²) in [5.74, 6) is -3.39. The maximum Gasteiger partial charge on any atom is 0.352 e. The number of nitrogens with two attached hydrogens (primary N) is 1. The standard InChI is InChI=1S/C24H24N8O7S3/c1-10(21(35)36)39-29-15(13-9-41-23(25)26-13)18(33)28-16-19(34)32-17(22(37)38)11(7-40-20(16)32)8-42-24-27-12-6-30(2)5-4-14(12)31(24)3/h4-6,9-10,16,20H,7-8H2,1-3H3,(H4-,25,26,28,33,35,36,37,38)/p+1/b29-15-/t10-,16?,20+/m0/s1. The number of β-lactam (4-membered cyclic amide) rings is 1. The van der Waals surface area contributed by atoms with E-state index in [1.165, 1.54) is 40.7 Å². The van der Waals surface area contributed by atoms with Crippen LogP contribution in [-0.4, -0.2) is 88.1 Å². The Kier molecular flexibility index (Phi) is 8.11. The van der Waals surface area contributed by atoms with E-state index < -0.39 is 41.3 Å². The number of carbonyl (C=O) groups excluding carboxylic acids is 2. The second kappa shape index (κ2) is 11.6. The Hall–Kier alpha value is -4.16. The Labute approximate surface area is 250 Å². The number of thioether (sulfide) groups is 2. The fourth-order valence-electron chi connectivity index (χ4n) is 4.29. The maximum absolute atomic E-state index is 13.2. The molecule has 5 N–H and O–H groups in total. The number of anilines is 1. The first-order valence-electron chi connectivity index (χ1n) is 12.3. The molecule has 15 nitrogen and oxygen atoms in total. The van der Waals surface area contributed by atoms with Gasteiger partial charge in [0.2, 0.25) is 6.10 Å². The first kappa shape index (κ1) is 29.3. The van der Waals surface area contributed by atoms with E-state index in [-0.39, 0.29) is 22.2 Å². The van der Waals surface area contributed by atoms with Crippen LogP contribution in [0, 0.1) is 0 Å². The van der Waals surface area contributed by atoms with Gasteiger partial charge in [0.25, 0.3) is 11.8 Å². The van der Waals surface area contributed by atoms with Crippen molar-refractivity contribution in [1.29, 1.82) is 0 Å². The summed E-state index contributed by atoms with van der Waals surface area (Å²) in [5, 5.41) is 27.0. The number of nitrogens with zero attached hydrogens (tertiary/aromatic N) is 6. The number of thiazole rings is 1. The van der Waals surface area contributed by atoms with E-state index in [2.05, 4.69) is 20.4 Å². The van der Waals surface area contributed by atoms with Crippen molar-refractivity contribution in [1.82, 2.24) is 24.8 Å². The monoisotopic (exact) mass is 633 g/mol. The van der Waals surface area contributed by atoms with E-state index in [0.29, 0.717) is 22.2 Å². The number of amides is 2. The summed E-state index contributed by atoms with van der Waals surface area (Å²) in [6.45, 7) is 1.23. The SMILES string of the molecule is C[C@H](O/N=C(\C(=O)NC1C(=O)N2C(C(=O)O)=C(CSc3nc4c[n+](C)ccc4n3C)CS[C@H]12)c1csc(N)n1)C(=O)O. The molecule has 1 fully saturated rings. The van der Waals surface area contributed by atoms with Crippen molar-refractivity contribution in [3.8, 4) is 0 Å². The summed E-state index contributed by atoms with van der Waals surface area (Å²) in [5.41, 5.74) is 7.51. The van der Waals surface area contributed by atoms with E-state index in [4.69, 9.17) is 15.7 Å². The van der Waals surface area contributed by atoms with E-state index in [1.807, 2.05) is 41.7 Å². The molecule has 5 heterocycles. The zero-order valence-electron chi connectivity index (χ0n) is 22.4. The van der Waals surface area contributed by atoms with Crippen molar-refractivity contribution in [3.63, 3.8) is 0 Å². The number of rotatable bonds is 10. The molecule has 3 aromatic heterocycles. The number of aliphatic carboxylic acids is 2. The third kappa shape index (κ3) is 5.51. The fourth-order valence-corrected chi connectivity index (χ4v) is 7.31. The molecule has 0 radical (unpaired) electrons. The van der Waals surface area contributed by atoms with Gasteiger partial charge in [0.1, 0.15) is 29.9 Å². The summed E-state index contributed by atoms with van der Waals surface area (Å²) in [4.78, 5) is 64.5. The van der Waals surface area contributed by atoms with Crippen molar-refractivity contribution < 1.29 is 38.8 Å². The minimum atomic E-state index is -1.36. The van der Waals surface area contributed by atoms with Gasteiger partial charge in [-0.3, -0.25) is 14.5 Å². The van der Waals surface area contributed by atoms with Gasteiger partial charge in [0.05, 0.1) is 5.52 Å². The predicted molar refractivity (Wildman–Crippen MR) is 154 cm³/mol. The van der Waals surface area contributed by atoms with Gasteiger partial charge in [-0.2, -0.15) is 0 Å². The van der Waals surface area contributed by atoms with Crippen LogP contribution in [0.3, 0.4) is 0 Å². The lowest BCUT2D eigenvalue weighted by molar-refractivity contribution is -0.670. The van der Waals surface area contributed by atoms with Gasteiger partial charge in [-0.15, -0.1) is 23.1 Å². The van der Waals surface area contributed by atoms with Crippen LogP contribution in [0.5, 0.6) is 0 Å². The number of carboxylic acid groups (broad SMARTS) is 2. The topological polar surface area (TPSA) is 206 Å². The van der Waals surface area contributed by atoms with Gasteiger partial charge in [0, 0.05) is 30.0 Å². The Morgan fingerprint density at radius 3 is 2.79 bits per heavy atom. The highest BCUT2D eigenvalue weighted by atomic mass is 32.2. The minimum absolute atomic E-state index is 0.0358. The van der Waals surface area contributed by atoms with Gasteiger partial charge in [0.15, 0.2) is 33.9 Å². The smallest absolute Gasteiger partial charge is 0.352 e. The Morgan fingerprint density at radius 1 is 1.36 bits per heavy atom. The molecule has 3 atom stereocenters. The van der Waals surface area contributed by atoms with Crippen molar-refractivity contribution in [2.75, 3.05) is 17.2 Å². The van der Waals surface area contributed by atoms with Crippen molar-refractivity contribution in [3.05, 3.63) is 40.8 Å². The Bertz CT molecular complexity index is 1680. The van der Waals surface area contributed by atoms with E-state index in [9.17, 15) is 24.3 Å². The molecular formula is C24H25N8O7S3+. The molecule has 5 rings (SSSR count). The third-order valence-electron chi connectivity index (χ3n) is 6.46. The molecule has 42 heavy (non-hydrogen) atoms. The first-order valence-corrected chi connectivity index (χ1v) is 15.2. The molecule has 0 saturated carbocycles. The van der Waals surface area contributed by atoms with Gasteiger partial charge < -0.3 is 30.7 Å². The lowest BCUT2D eigenvalue weighted by atomic mass is 10.0. The van der Waals surface area contributed by atoms with Crippen LogP contribution in [-0.2, 0) is 38.1 Å². The van der Waals surface area contributed by atoms with Crippen LogP contribution in [0.2, 0.25) is 0 Å². The third-order valence-corrected chi connectivity index (χ3v) is 9.59. The highest BCUT2D eigenvalue weighted by molar-refractivity contribution is 8.01. The van der Waals surface area contributed by atoms with Crippen LogP contribution >= 0.6 is 34.9 Å². The molecule has 1 unspecified atom stereocenters. The van der Waals surface area contributed by atoms with Crippen LogP contribution in [0.1, 0.15) is 12.6 Å². The largest absolute Gasteiger partial charge is 0.478 e. The average Bonchev–Trinajstić information content (AvgIpc) is 3.51. The number of pyridine rings is 1. The van der Waals surface area contributed by atoms with Gasteiger partial charge >= 0.3 is 11.9 Å². The average molecular weight is 634 g/mol. The number of aryl methyl sites for hydroxylation is 2. The quantitative estimate of drug-likeness (QED) is 0.0775. The van der Waals surface area contributed by atoms with Crippen LogP contribution in [0.25, 0.3) is 11.0 Å². The number of hydrogen-bond donors (Lipinski definition) is 4. The lowest BCUT2D eigenvalue weighted by Gasteiger charge is -2.49. The van der Waals surface area contributed by atoms with Crippen LogP contribution < -0.4 is 15.6 Å². The molecule has 0 spiro atoms. The molecule has 18 heteroatoms. The van der Waals surface area contributed by atoms with E-state index >= 15 is 0 Å². The number of nitrogens with one attached hydrogen (secondary N) is 1. The summed E-state index contributed by atoms with van der Waals surface area (Å²) >= 11 is 3.72. The lowest BCUT2D eigenvalue weighted by Crippen LogP contribution is -2.71. The van der Waals surface area contributed by atoms with Gasteiger partial charge in [-0.1, -0.05) is 16.9 Å². The molecular weight excluding hydrogens is 609 g/mol. The van der Waals surface area contributed by atoms with Gasteiger partial charge in [-0.25, -0.2) is 24.1 Å². The van der Waals surface area contributed by atoms with Gasteiger partial charge in [-0.05, 0) is 12.5 Å². The van der Waals surface area contributed by atoms with Crippen molar-refractivity contribution in [2.45, 2.75) is 29.6 Å². The number of carboxylic acids is 2. The number of hydrogen-bond acceptors (Lipinski definition) is 12. The van der Waals surface area contributed by atoms with E-state index in [1.54, 1.807) is 0 Å². The number of nitrogen functional groups attached to an aromatic ring is 1. The maximum atomic E-state index is 13.2. The number of aromatic nitrogens is 4. The molecule has 0 aliphatic carbocycles. The zero-order valence-corrected chi connectivity index (χ0v) is 24.8. The molecule has 0 aromatic carbocycles. The molecule has 2 aliphatic heterocycles. The number of carbonyl (C=O) groups is 4. The summed E-state index contributed by atoms with van der Waals surface area (Å²) in [6.07, 6.45) is 2.45. The predicted octanol–water partition coefficient (Wildman–Crippen LogP) is 0.161. The Balaban J connectivity index is 1.32. The molecule has 2 amide bonds. The first-order chi connectivity index (χ1) is 20.0. The zero-order chi connectivity index (χ0) is 30.3. The van der Waals surface area contributed by atoms with Crippen LogP contribution in [0.4, 0.5) is 5.13 Å². The number of imidazole rings is 1. The second-order valence-electron chi connectivity index (χ2n) is 9.34. The van der Waals surface area contributed by atoms with Crippen molar-refractivity contribution in [2.24, 2.45) is 19.3 Å². The van der Waals surface area contributed by atoms with Crippen molar-refractivity contribution >= 4 is 80.5 Å². The highest BCUT2D eigenvalue weighted by Gasteiger charge is 2.54. The highest BCUT2D eigenvalue weighted by Crippen LogP contribution is 2.41.